The van der Waals surface area contributed by atoms with Crippen LogP contribution >= 0.6 is 11.6 Å². The number of hydrogen-bond acceptors (Lipinski definition) is 3. The maximum atomic E-state index is 10.1. The third kappa shape index (κ3) is 3.45. The minimum atomic E-state index is -0.496. The second-order valence-electron chi connectivity index (χ2n) is 4.46. The zero-order valence-electron chi connectivity index (χ0n) is 10.5. The summed E-state index contributed by atoms with van der Waals surface area (Å²) in [7, 11) is 0. The molecule has 0 heterocycles. The number of benzene rings is 1. The highest BCUT2D eigenvalue weighted by molar-refractivity contribution is 6.30. The van der Waals surface area contributed by atoms with E-state index in [1.54, 1.807) is 0 Å². The molecule has 0 bridgehead atoms. The van der Waals surface area contributed by atoms with Gasteiger partial charge in [-0.1, -0.05) is 25.4 Å². The summed E-state index contributed by atoms with van der Waals surface area (Å²) < 4.78 is 0. The molecule has 0 fully saturated rings. The highest BCUT2D eigenvalue weighted by Crippen LogP contribution is 2.29. The normalized spacial score (nSPS) is 12.6. The van der Waals surface area contributed by atoms with E-state index in [-0.39, 0.29) is 5.92 Å². The third-order valence-corrected chi connectivity index (χ3v) is 3.07. The summed E-state index contributed by atoms with van der Waals surface area (Å²) in [5.74, 6) is 0.158. The van der Waals surface area contributed by atoms with E-state index in [4.69, 9.17) is 11.6 Å². The van der Waals surface area contributed by atoms with Crippen LogP contribution in [0.4, 0.5) is 0 Å². The lowest BCUT2D eigenvalue weighted by molar-refractivity contribution is 0.126. The van der Waals surface area contributed by atoms with Gasteiger partial charge >= 0.3 is 0 Å². The number of hydrazone groups is 1. The number of hydrogen-bond donors (Lipinski definition) is 2. The fraction of sp³-hybridized carbons (Fsp3) is 0.462. The molecule has 3 nitrogen and oxygen atoms in total. The Morgan fingerprint density at radius 3 is 2.65 bits per heavy atom. The topological polar surface area (TPSA) is 44.6 Å². The van der Waals surface area contributed by atoms with E-state index in [0.717, 1.165) is 16.7 Å². The van der Waals surface area contributed by atoms with Crippen molar-refractivity contribution in [3.8, 4) is 0 Å². The molecule has 0 aliphatic carbocycles. The van der Waals surface area contributed by atoms with E-state index < -0.39 is 6.10 Å². The molecule has 2 N–H and O–H groups in total. The molecule has 0 aromatic heterocycles. The average molecular weight is 255 g/mol. The molecule has 0 radical (unpaired) electrons. The van der Waals surface area contributed by atoms with Gasteiger partial charge in [0.05, 0.1) is 12.6 Å². The number of nitrogens with zero attached hydrogens (tertiary/aromatic N) is 1. The second-order valence-corrected chi connectivity index (χ2v) is 4.90. The van der Waals surface area contributed by atoms with Crippen molar-refractivity contribution in [2.45, 2.75) is 33.4 Å². The van der Waals surface area contributed by atoms with Crippen molar-refractivity contribution in [2.75, 3.05) is 0 Å². The predicted molar refractivity (Wildman–Crippen MR) is 72.4 cm³/mol. The first-order chi connectivity index (χ1) is 7.97. The van der Waals surface area contributed by atoms with E-state index in [2.05, 4.69) is 17.2 Å². The van der Waals surface area contributed by atoms with Gasteiger partial charge in [0.15, 0.2) is 0 Å². The number of aliphatic hydroxyl groups excluding tert-OH is 1. The number of halogens is 1. The molecule has 0 aliphatic heterocycles. The summed E-state index contributed by atoms with van der Waals surface area (Å²) >= 11 is 6.06. The van der Waals surface area contributed by atoms with Crippen LogP contribution in [0.2, 0.25) is 5.02 Å². The summed E-state index contributed by atoms with van der Waals surface area (Å²) in [4.78, 5) is 0. The zero-order chi connectivity index (χ0) is 13.0. The maximum Gasteiger partial charge on any atom is 0.0816 e. The smallest absolute Gasteiger partial charge is 0.0816 e. The Labute approximate surface area is 107 Å². The molecule has 94 valence electrons. The number of nitrogens with one attached hydrogen (secondary N) is 1. The Morgan fingerprint density at radius 1 is 1.47 bits per heavy atom. The van der Waals surface area contributed by atoms with E-state index in [1.165, 1.54) is 0 Å². The molecule has 17 heavy (non-hydrogen) atoms. The van der Waals surface area contributed by atoms with Gasteiger partial charge in [0.2, 0.25) is 0 Å². The second kappa shape index (κ2) is 6.03. The molecule has 0 aliphatic rings. The van der Waals surface area contributed by atoms with Crippen molar-refractivity contribution in [1.29, 1.82) is 0 Å². The molecule has 1 aromatic carbocycles. The quantitative estimate of drug-likeness (QED) is 0.627. The molecule has 1 atom stereocenters. The van der Waals surface area contributed by atoms with Crippen molar-refractivity contribution in [3.05, 3.63) is 33.8 Å². The van der Waals surface area contributed by atoms with Gasteiger partial charge < -0.3 is 10.5 Å². The summed E-state index contributed by atoms with van der Waals surface area (Å²) in [5.41, 5.74) is 5.76. The predicted octanol–water partition coefficient (Wildman–Crippen LogP) is 3.04. The third-order valence-electron chi connectivity index (χ3n) is 2.85. The first-order valence-corrected chi connectivity index (χ1v) is 6.00. The van der Waals surface area contributed by atoms with E-state index in [1.807, 2.05) is 32.9 Å². The minimum Gasteiger partial charge on any atom is -0.388 e. The minimum absolute atomic E-state index is 0.158. The van der Waals surface area contributed by atoms with Crippen LogP contribution in [0.25, 0.3) is 0 Å². The fourth-order valence-electron chi connectivity index (χ4n) is 1.75. The largest absolute Gasteiger partial charge is 0.388 e. The van der Waals surface area contributed by atoms with Gasteiger partial charge in [0.25, 0.3) is 0 Å². The van der Waals surface area contributed by atoms with Crippen molar-refractivity contribution in [3.63, 3.8) is 0 Å². The van der Waals surface area contributed by atoms with Crippen molar-refractivity contribution >= 4 is 18.3 Å². The lowest BCUT2D eigenvalue weighted by Gasteiger charge is -2.20. The van der Waals surface area contributed by atoms with Crippen LogP contribution in [-0.4, -0.2) is 11.8 Å². The van der Waals surface area contributed by atoms with Gasteiger partial charge in [-0.15, -0.1) is 0 Å². The molecule has 0 spiro atoms. The van der Waals surface area contributed by atoms with Gasteiger partial charge in [-0.05, 0) is 41.7 Å². The highest BCUT2D eigenvalue weighted by Gasteiger charge is 2.17. The van der Waals surface area contributed by atoms with Crippen LogP contribution in [0.5, 0.6) is 0 Å². The van der Waals surface area contributed by atoms with Gasteiger partial charge in [0, 0.05) is 11.7 Å². The lowest BCUT2D eigenvalue weighted by atomic mass is 9.92. The number of aliphatic hydroxyl groups is 1. The molecule has 0 saturated heterocycles. The van der Waals surface area contributed by atoms with Crippen molar-refractivity contribution in [2.24, 2.45) is 11.0 Å². The Hall–Kier alpha value is -1.06. The maximum absolute atomic E-state index is 10.1. The van der Waals surface area contributed by atoms with Crippen LogP contribution in [0.15, 0.2) is 17.2 Å². The molecule has 0 saturated carbocycles. The number of rotatable bonds is 5. The summed E-state index contributed by atoms with van der Waals surface area (Å²) in [6.07, 6.45) is -0.496. The van der Waals surface area contributed by atoms with Gasteiger partial charge in [-0.3, -0.25) is 0 Å². The Bertz CT molecular complexity index is 405. The SMILES string of the molecule is C=NNCc1cc(Cl)cc(C(O)C(C)C)c1C. The Morgan fingerprint density at radius 2 is 2.12 bits per heavy atom. The van der Waals surface area contributed by atoms with Gasteiger partial charge in [-0.2, -0.15) is 5.10 Å². The summed E-state index contributed by atoms with van der Waals surface area (Å²) in [5, 5.41) is 14.4. The Balaban J connectivity index is 3.13. The van der Waals surface area contributed by atoms with Gasteiger partial charge in [-0.25, -0.2) is 0 Å². The van der Waals surface area contributed by atoms with Crippen molar-refractivity contribution in [1.82, 2.24) is 5.43 Å². The first kappa shape index (κ1) is 14.0. The fourth-order valence-corrected chi connectivity index (χ4v) is 2.00. The van der Waals surface area contributed by atoms with Gasteiger partial charge in [0.1, 0.15) is 0 Å². The van der Waals surface area contributed by atoms with Crippen molar-refractivity contribution < 1.29 is 5.11 Å². The molecule has 1 rings (SSSR count). The summed E-state index contributed by atoms with van der Waals surface area (Å²) in [6, 6.07) is 3.71. The van der Waals surface area contributed by atoms with Crippen LogP contribution in [0.3, 0.4) is 0 Å². The average Bonchev–Trinajstić information content (AvgIpc) is 2.28. The standard InChI is InChI=1S/C13H19ClN2O/c1-8(2)13(17)12-6-11(14)5-10(9(12)3)7-16-15-4/h5-6,8,13,16-17H,4,7H2,1-3H3. The van der Waals surface area contributed by atoms with Crippen LogP contribution < -0.4 is 5.43 Å². The van der Waals surface area contributed by atoms with E-state index in [0.29, 0.717) is 11.6 Å². The molecule has 4 heteroatoms. The first-order valence-electron chi connectivity index (χ1n) is 5.63. The molecule has 0 amide bonds. The highest BCUT2D eigenvalue weighted by atomic mass is 35.5. The van der Waals surface area contributed by atoms with Crippen LogP contribution in [0.1, 0.15) is 36.6 Å². The Kier molecular flexibility index (Phi) is 4.97. The monoisotopic (exact) mass is 254 g/mol. The zero-order valence-corrected chi connectivity index (χ0v) is 11.3. The molecular formula is C13H19ClN2O. The van der Waals surface area contributed by atoms with Crippen LogP contribution in [0, 0.1) is 12.8 Å². The van der Waals surface area contributed by atoms with E-state index in [9.17, 15) is 5.11 Å². The van der Waals surface area contributed by atoms with Crippen LogP contribution in [-0.2, 0) is 6.54 Å². The lowest BCUT2D eigenvalue weighted by Crippen LogP contribution is -2.11. The molecule has 1 aromatic rings. The molecular weight excluding hydrogens is 236 g/mol. The molecule has 1 unspecified atom stereocenters. The summed E-state index contributed by atoms with van der Waals surface area (Å²) in [6.45, 7) is 9.88. The van der Waals surface area contributed by atoms with E-state index >= 15 is 0 Å².